The molecule has 1 aliphatic carbocycles. The molecule has 7 atom stereocenters. The topological polar surface area (TPSA) is 103 Å². The Labute approximate surface area is 134 Å². The van der Waals surface area contributed by atoms with Crippen LogP contribution in [0.25, 0.3) is 10.4 Å². The highest BCUT2D eigenvalue weighted by Crippen LogP contribution is 2.61. The van der Waals surface area contributed by atoms with Crippen molar-refractivity contribution in [2.45, 2.75) is 69.7 Å². The van der Waals surface area contributed by atoms with E-state index in [9.17, 15) is 4.79 Å². The maximum Gasteiger partial charge on any atom is 0.320 e. The molecule has 5 aliphatic rings. The van der Waals surface area contributed by atoms with Crippen LogP contribution in [0.4, 0.5) is 0 Å². The van der Waals surface area contributed by atoms with E-state index in [1.54, 1.807) is 13.8 Å². The Morgan fingerprint density at radius 3 is 2.78 bits per heavy atom. The van der Waals surface area contributed by atoms with Crippen LogP contribution in [0.1, 0.15) is 46.5 Å². The standard InChI is InChI=1S/C15H21N3O5/c1-8-4-5-10-14(3,17-18-16)11(19)20-12-15(10)9(8)6-7-13(2,21-12)22-23-15/h8-10,12H,4-7H2,1-3H3/t8-,9?,10?,12-,13+,14?,15-/m1/s1. The summed E-state index contributed by atoms with van der Waals surface area (Å²) in [4.78, 5) is 27.0. The van der Waals surface area contributed by atoms with Crippen LogP contribution in [0.5, 0.6) is 0 Å². The van der Waals surface area contributed by atoms with Crippen molar-refractivity contribution in [3.8, 4) is 0 Å². The second kappa shape index (κ2) is 4.60. The molecule has 0 radical (unpaired) electrons. The van der Waals surface area contributed by atoms with Crippen LogP contribution in [0.3, 0.4) is 0 Å². The van der Waals surface area contributed by atoms with Crippen molar-refractivity contribution in [3.63, 3.8) is 0 Å². The zero-order valence-electron chi connectivity index (χ0n) is 13.5. The summed E-state index contributed by atoms with van der Waals surface area (Å²) in [7, 11) is 0. The lowest BCUT2D eigenvalue weighted by Gasteiger charge is -2.59. The zero-order chi connectivity index (χ0) is 16.5. The largest absolute Gasteiger partial charge is 0.432 e. The van der Waals surface area contributed by atoms with Crippen LogP contribution in [0.15, 0.2) is 5.11 Å². The molecule has 4 aliphatic heterocycles. The van der Waals surface area contributed by atoms with Gasteiger partial charge in [-0.05, 0) is 44.6 Å². The minimum absolute atomic E-state index is 0.122. The molecule has 0 N–H and O–H groups in total. The molecule has 126 valence electrons. The van der Waals surface area contributed by atoms with Gasteiger partial charge in [-0.2, -0.15) is 0 Å². The normalized spacial score (nSPS) is 54.5. The summed E-state index contributed by atoms with van der Waals surface area (Å²) in [5, 5.41) is 3.81. The van der Waals surface area contributed by atoms with Gasteiger partial charge < -0.3 is 9.47 Å². The lowest BCUT2D eigenvalue weighted by atomic mass is 9.56. The molecule has 0 amide bonds. The number of rotatable bonds is 1. The fraction of sp³-hybridized carbons (Fsp3) is 0.933. The van der Waals surface area contributed by atoms with Gasteiger partial charge in [0, 0.05) is 23.2 Å². The van der Waals surface area contributed by atoms with E-state index >= 15 is 0 Å². The summed E-state index contributed by atoms with van der Waals surface area (Å²) in [5.74, 6) is -1.29. The maximum absolute atomic E-state index is 12.6. The fourth-order valence-corrected chi connectivity index (χ4v) is 4.98. The Bertz CT molecular complexity index is 608. The van der Waals surface area contributed by atoms with Gasteiger partial charge in [-0.3, -0.25) is 4.79 Å². The molecule has 0 aromatic carbocycles. The average Bonchev–Trinajstić information content (AvgIpc) is 2.72. The van der Waals surface area contributed by atoms with Crippen LogP contribution in [0.2, 0.25) is 0 Å². The summed E-state index contributed by atoms with van der Waals surface area (Å²) in [6, 6.07) is 0. The molecule has 4 saturated heterocycles. The van der Waals surface area contributed by atoms with E-state index in [2.05, 4.69) is 16.9 Å². The monoisotopic (exact) mass is 323 g/mol. The number of fused-ring (bicyclic) bond motifs is 2. The van der Waals surface area contributed by atoms with E-state index in [-0.39, 0.29) is 11.8 Å². The zero-order valence-corrected chi connectivity index (χ0v) is 13.5. The Balaban J connectivity index is 1.89. The Morgan fingerprint density at radius 2 is 2.04 bits per heavy atom. The summed E-state index contributed by atoms with van der Waals surface area (Å²) in [6.45, 7) is 5.60. The van der Waals surface area contributed by atoms with Crippen LogP contribution in [-0.4, -0.2) is 29.2 Å². The Kier molecular flexibility index (Phi) is 3.04. The molecule has 2 bridgehead atoms. The van der Waals surface area contributed by atoms with Gasteiger partial charge in [0.15, 0.2) is 5.60 Å². The number of hydrogen-bond donors (Lipinski definition) is 0. The lowest BCUT2D eigenvalue weighted by Crippen LogP contribution is -2.73. The van der Waals surface area contributed by atoms with E-state index < -0.39 is 29.2 Å². The van der Waals surface area contributed by atoms with Crippen LogP contribution in [0, 0.1) is 17.8 Å². The highest BCUT2D eigenvalue weighted by molar-refractivity contribution is 5.82. The van der Waals surface area contributed by atoms with Crippen molar-refractivity contribution < 1.29 is 24.0 Å². The van der Waals surface area contributed by atoms with Gasteiger partial charge in [0.2, 0.25) is 12.1 Å². The van der Waals surface area contributed by atoms with Crippen LogP contribution in [-0.2, 0) is 24.0 Å². The van der Waals surface area contributed by atoms with Gasteiger partial charge in [-0.1, -0.05) is 12.0 Å². The first-order chi connectivity index (χ1) is 10.9. The molecule has 1 saturated carbocycles. The van der Waals surface area contributed by atoms with Crippen molar-refractivity contribution in [2.75, 3.05) is 0 Å². The number of carbonyl (C=O) groups is 1. The predicted octanol–water partition coefficient (Wildman–Crippen LogP) is 2.83. The number of esters is 1. The van der Waals surface area contributed by atoms with Gasteiger partial charge in [-0.25, -0.2) is 9.78 Å². The minimum Gasteiger partial charge on any atom is -0.432 e. The average molecular weight is 323 g/mol. The first-order valence-electron chi connectivity index (χ1n) is 8.18. The molecule has 5 rings (SSSR count). The first kappa shape index (κ1) is 15.2. The first-order valence-corrected chi connectivity index (χ1v) is 8.18. The third-order valence-corrected chi connectivity index (χ3v) is 6.28. The van der Waals surface area contributed by atoms with Gasteiger partial charge in [0.1, 0.15) is 5.54 Å². The third kappa shape index (κ3) is 1.78. The number of hydrogen-bond acceptors (Lipinski definition) is 6. The van der Waals surface area contributed by atoms with E-state index in [4.69, 9.17) is 24.8 Å². The SMILES string of the molecule is C[C@@H]1CCC2C(C)(N=[N+]=[N-])C(=O)O[C@@H]3O[C@]4(C)CCC1[C@@]23OO4. The summed E-state index contributed by atoms with van der Waals surface area (Å²) < 4.78 is 11.6. The molecule has 23 heavy (non-hydrogen) atoms. The van der Waals surface area contributed by atoms with E-state index in [0.29, 0.717) is 18.8 Å². The summed E-state index contributed by atoms with van der Waals surface area (Å²) >= 11 is 0. The molecule has 8 nitrogen and oxygen atoms in total. The molecular weight excluding hydrogens is 302 g/mol. The quantitative estimate of drug-likeness (QED) is 0.243. The molecular formula is C15H21N3O5. The van der Waals surface area contributed by atoms with E-state index in [0.717, 1.165) is 12.8 Å². The van der Waals surface area contributed by atoms with Gasteiger partial charge in [0.25, 0.3) is 0 Å². The van der Waals surface area contributed by atoms with Gasteiger partial charge >= 0.3 is 5.97 Å². The third-order valence-electron chi connectivity index (χ3n) is 6.28. The fourth-order valence-electron chi connectivity index (χ4n) is 4.98. The van der Waals surface area contributed by atoms with Crippen LogP contribution >= 0.6 is 0 Å². The summed E-state index contributed by atoms with van der Waals surface area (Å²) in [6.07, 6.45) is 2.34. The van der Waals surface area contributed by atoms with Crippen molar-refractivity contribution >= 4 is 5.97 Å². The van der Waals surface area contributed by atoms with Crippen LogP contribution < -0.4 is 0 Å². The van der Waals surface area contributed by atoms with Gasteiger partial charge in [0.05, 0.1) is 0 Å². The molecule has 8 heteroatoms. The van der Waals surface area contributed by atoms with Crippen molar-refractivity contribution in [2.24, 2.45) is 22.9 Å². The van der Waals surface area contributed by atoms with E-state index in [1.165, 1.54) is 0 Å². The van der Waals surface area contributed by atoms with Crippen molar-refractivity contribution in [1.82, 2.24) is 0 Å². The Hall–Kier alpha value is -1.34. The second-order valence-electron chi connectivity index (χ2n) is 7.60. The Morgan fingerprint density at radius 1 is 1.26 bits per heavy atom. The summed E-state index contributed by atoms with van der Waals surface area (Å²) in [5.41, 5.74) is 6.73. The highest BCUT2D eigenvalue weighted by Gasteiger charge is 2.73. The molecule has 4 heterocycles. The molecule has 3 unspecified atom stereocenters. The smallest absolute Gasteiger partial charge is 0.320 e. The number of ether oxygens (including phenoxy) is 2. The molecule has 1 spiro atoms. The minimum atomic E-state index is -1.31. The molecule has 0 aromatic heterocycles. The molecule has 5 fully saturated rings. The number of azide groups is 1. The van der Waals surface area contributed by atoms with E-state index in [1.807, 2.05) is 0 Å². The number of nitrogens with zero attached hydrogens (tertiary/aromatic N) is 3. The molecule has 0 aromatic rings. The maximum atomic E-state index is 12.6. The highest BCUT2D eigenvalue weighted by atomic mass is 17.3. The second-order valence-corrected chi connectivity index (χ2v) is 7.60. The number of carbonyl (C=O) groups excluding carboxylic acids is 1. The van der Waals surface area contributed by atoms with Crippen molar-refractivity contribution in [1.29, 1.82) is 0 Å². The van der Waals surface area contributed by atoms with Crippen molar-refractivity contribution in [3.05, 3.63) is 10.4 Å². The predicted molar refractivity (Wildman–Crippen MR) is 76.4 cm³/mol. The lowest BCUT2D eigenvalue weighted by molar-refractivity contribution is -0.559. The van der Waals surface area contributed by atoms with Gasteiger partial charge in [-0.15, -0.1) is 0 Å².